The lowest BCUT2D eigenvalue weighted by molar-refractivity contribution is 0.165. The van der Waals surface area contributed by atoms with Gasteiger partial charge in [0.2, 0.25) is 0 Å². The predicted octanol–water partition coefficient (Wildman–Crippen LogP) is 0.634. The van der Waals surface area contributed by atoms with Crippen LogP contribution in [0.2, 0.25) is 5.02 Å². The van der Waals surface area contributed by atoms with Crippen molar-refractivity contribution in [1.29, 1.82) is 0 Å². The maximum absolute atomic E-state index is 9.58. The van der Waals surface area contributed by atoms with Crippen LogP contribution >= 0.6 is 11.6 Å². The number of aryl methyl sites for hydroxylation is 2. The van der Waals surface area contributed by atoms with Gasteiger partial charge in [-0.2, -0.15) is 5.10 Å². The number of rotatable bonds is 4. The zero-order chi connectivity index (χ0) is 10.7. The van der Waals surface area contributed by atoms with Crippen LogP contribution in [0.4, 0.5) is 0 Å². The molecule has 0 fully saturated rings. The Morgan fingerprint density at radius 3 is 2.71 bits per heavy atom. The van der Waals surface area contributed by atoms with Crippen molar-refractivity contribution in [2.75, 3.05) is 6.54 Å². The minimum atomic E-state index is -0.438. The van der Waals surface area contributed by atoms with Crippen molar-refractivity contribution in [3.05, 3.63) is 16.4 Å². The van der Waals surface area contributed by atoms with Gasteiger partial charge in [0.25, 0.3) is 0 Å². The summed E-state index contributed by atoms with van der Waals surface area (Å²) in [6, 6.07) is 0. The lowest BCUT2D eigenvalue weighted by atomic mass is 10.1. The van der Waals surface area contributed by atoms with Crippen molar-refractivity contribution in [2.45, 2.75) is 25.9 Å². The molecule has 0 saturated heterocycles. The normalized spacial score (nSPS) is 13.2. The summed E-state index contributed by atoms with van der Waals surface area (Å²) in [6.45, 7) is 2.33. The highest BCUT2D eigenvalue weighted by Crippen LogP contribution is 2.21. The molecule has 1 aromatic heterocycles. The highest BCUT2D eigenvalue weighted by molar-refractivity contribution is 6.31. The SMILES string of the molecule is Cc1nn(C)c(CC(O)CCN)c1Cl. The number of nitrogens with zero attached hydrogens (tertiary/aromatic N) is 2. The van der Waals surface area contributed by atoms with Gasteiger partial charge in [0, 0.05) is 13.5 Å². The molecule has 14 heavy (non-hydrogen) atoms. The molecule has 0 aromatic carbocycles. The Bertz CT molecular complexity index is 311. The van der Waals surface area contributed by atoms with Gasteiger partial charge in [-0.15, -0.1) is 0 Å². The molecule has 0 bridgehead atoms. The number of aromatic nitrogens is 2. The van der Waals surface area contributed by atoms with Crippen LogP contribution in [0.25, 0.3) is 0 Å². The molecule has 0 saturated carbocycles. The van der Waals surface area contributed by atoms with E-state index >= 15 is 0 Å². The summed E-state index contributed by atoms with van der Waals surface area (Å²) in [5, 5.41) is 14.4. The lowest BCUT2D eigenvalue weighted by Gasteiger charge is -2.09. The quantitative estimate of drug-likeness (QED) is 0.778. The number of aliphatic hydroxyl groups is 1. The van der Waals surface area contributed by atoms with E-state index in [1.165, 1.54) is 0 Å². The Labute approximate surface area is 88.7 Å². The minimum Gasteiger partial charge on any atom is -0.393 e. The van der Waals surface area contributed by atoms with Gasteiger partial charge in [-0.1, -0.05) is 11.6 Å². The van der Waals surface area contributed by atoms with Crippen molar-refractivity contribution in [3.63, 3.8) is 0 Å². The third-order valence-corrected chi connectivity index (χ3v) is 2.68. The lowest BCUT2D eigenvalue weighted by Crippen LogP contribution is -2.17. The number of aliphatic hydroxyl groups excluding tert-OH is 1. The fraction of sp³-hybridized carbons (Fsp3) is 0.667. The van der Waals surface area contributed by atoms with E-state index in [-0.39, 0.29) is 0 Å². The molecular formula is C9H16ClN3O. The zero-order valence-electron chi connectivity index (χ0n) is 8.50. The van der Waals surface area contributed by atoms with Gasteiger partial charge in [0.05, 0.1) is 22.5 Å². The molecule has 5 heteroatoms. The summed E-state index contributed by atoms with van der Waals surface area (Å²) in [4.78, 5) is 0. The van der Waals surface area contributed by atoms with Crippen molar-refractivity contribution in [1.82, 2.24) is 9.78 Å². The second kappa shape index (κ2) is 4.77. The van der Waals surface area contributed by atoms with Gasteiger partial charge in [0.1, 0.15) is 0 Å². The van der Waals surface area contributed by atoms with Crippen LogP contribution in [-0.2, 0) is 13.5 Å². The summed E-state index contributed by atoms with van der Waals surface area (Å²) in [7, 11) is 1.82. The highest BCUT2D eigenvalue weighted by Gasteiger charge is 2.14. The number of hydrogen-bond donors (Lipinski definition) is 2. The summed E-state index contributed by atoms with van der Waals surface area (Å²) < 4.78 is 1.71. The van der Waals surface area contributed by atoms with E-state index in [9.17, 15) is 5.11 Å². The van der Waals surface area contributed by atoms with E-state index in [1.54, 1.807) is 4.68 Å². The fourth-order valence-electron chi connectivity index (χ4n) is 1.42. The molecule has 1 heterocycles. The first-order valence-corrected chi connectivity index (χ1v) is 5.00. The van der Waals surface area contributed by atoms with Gasteiger partial charge in [-0.3, -0.25) is 4.68 Å². The van der Waals surface area contributed by atoms with Crippen molar-refractivity contribution >= 4 is 11.6 Å². The first-order chi connectivity index (χ1) is 6.56. The molecule has 0 amide bonds. The van der Waals surface area contributed by atoms with Crippen LogP contribution in [0.3, 0.4) is 0 Å². The van der Waals surface area contributed by atoms with Crippen LogP contribution in [0.1, 0.15) is 17.8 Å². The van der Waals surface area contributed by atoms with E-state index in [0.717, 1.165) is 11.4 Å². The van der Waals surface area contributed by atoms with Gasteiger partial charge >= 0.3 is 0 Å². The van der Waals surface area contributed by atoms with E-state index in [1.807, 2.05) is 14.0 Å². The fourth-order valence-corrected chi connectivity index (χ4v) is 1.66. The molecular weight excluding hydrogens is 202 g/mol. The molecule has 0 aliphatic heterocycles. The molecule has 1 atom stereocenters. The summed E-state index contributed by atoms with van der Waals surface area (Å²) >= 11 is 6.03. The van der Waals surface area contributed by atoms with Gasteiger partial charge < -0.3 is 10.8 Å². The Balaban J connectivity index is 2.75. The largest absolute Gasteiger partial charge is 0.393 e. The monoisotopic (exact) mass is 217 g/mol. The molecule has 0 spiro atoms. The minimum absolute atomic E-state index is 0.438. The molecule has 3 N–H and O–H groups in total. The van der Waals surface area contributed by atoms with Gasteiger partial charge in [-0.05, 0) is 19.9 Å². The average Bonchev–Trinajstić information content (AvgIpc) is 2.33. The molecule has 1 aromatic rings. The Kier molecular flexibility index (Phi) is 3.92. The topological polar surface area (TPSA) is 64.1 Å². The maximum atomic E-state index is 9.58. The smallest absolute Gasteiger partial charge is 0.0847 e. The molecule has 1 unspecified atom stereocenters. The molecule has 1 rings (SSSR count). The molecule has 0 aliphatic rings. The molecule has 0 aliphatic carbocycles. The second-order valence-electron chi connectivity index (χ2n) is 3.40. The first kappa shape index (κ1) is 11.5. The van der Waals surface area contributed by atoms with Crippen molar-refractivity contribution in [2.24, 2.45) is 12.8 Å². The maximum Gasteiger partial charge on any atom is 0.0847 e. The Morgan fingerprint density at radius 2 is 2.29 bits per heavy atom. The Morgan fingerprint density at radius 1 is 1.64 bits per heavy atom. The van der Waals surface area contributed by atoms with E-state index in [2.05, 4.69) is 5.10 Å². The van der Waals surface area contributed by atoms with E-state index < -0.39 is 6.10 Å². The second-order valence-corrected chi connectivity index (χ2v) is 3.78. The molecule has 80 valence electrons. The standard InChI is InChI=1S/C9H16ClN3O/c1-6-9(10)8(13(2)12-6)5-7(14)3-4-11/h7,14H,3-5,11H2,1-2H3. The van der Waals surface area contributed by atoms with Gasteiger partial charge in [-0.25, -0.2) is 0 Å². The highest BCUT2D eigenvalue weighted by atomic mass is 35.5. The first-order valence-electron chi connectivity index (χ1n) is 4.62. The third-order valence-electron chi connectivity index (χ3n) is 2.19. The van der Waals surface area contributed by atoms with Crippen LogP contribution in [-0.4, -0.2) is 27.5 Å². The van der Waals surface area contributed by atoms with Crippen LogP contribution < -0.4 is 5.73 Å². The molecule has 4 nitrogen and oxygen atoms in total. The van der Waals surface area contributed by atoms with Crippen molar-refractivity contribution in [3.8, 4) is 0 Å². The zero-order valence-corrected chi connectivity index (χ0v) is 9.25. The predicted molar refractivity (Wildman–Crippen MR) is 56.3 cm³/mol. The van der Waals surface area contributed by atoms with E-state index in [0.29, 0.717) is 24.4 Å². The Hall–Kier alpha value is -0.580. The van der Waals surface area contributed by atoms with Gasteiger partial charge in [0.15, 0.2) is 0 Å². The van der Waals surface area contributed by atoms with Crippen LogP contribution in [0.5, 0.6) is 0 Å². The average molecular weight is 218 g/mol. The summed E-state index contributed by atoms with van der Waals surface area (Å²) in [5.74, 6) is 0. The molecule has 0 radical (unpaired) electrons. The van der Waals surface area contributed by atoms with Crippen LogP contribution in [0, 0.1) is 6.92 Å². The third kappa shape index (κ3) is 2.47. The number of hydrogen-bond acceptors (Lipinski definition) is 3. The summed E-state index contributed by atoms with van der Waals surface area (Å²) in [6.07, 6.45) is 0.654. The van der Waals surface area contributed by atoms with Crippen LogP contribution in [0.15, 0.2) is 0 Å². The number of halogens is 1. The van der Waals surface area contributed by atoms with Crippen molar-refractivity contribution < 1.29 is 5.11 Å². The van der Waals surface area contributed by atoms with E-state index in [4.69, 9.17) is 17.3 Å². The number of nitrogens with two attached hydrogens (primary N) is 1. The summed E-state index contributed by atoms with van der Waals surface area (Å²) in [5.41, 5.74) is 7.01.